The first-order valence-corrected chi connectivity index (χ1v) is 9.35. The highest BCUT2D eigenvalue weighted by molar-refractivity contribution is 6.29. The molecular weight excluding hydrogens is 328 g/mol. The van der Waals surface area contributed by atoms with Crippen molar-refractivity contribution in [3.63, 3.8) is 0 Å². The van der Waals surface area contributed by atoms with Crippen molar-refractivity contribution in [2.24, 2.45) is 5.41 Å². The minimum atomic E-state index is -0.566. The third-order valence-corrected chi connectivity index (χ3v) is 5.74. The predicted octanol–water partition coefficient (Wildman–Crippen LogP) is 6.26. The Morgan fingerprint density at radius 1 is 1.00 bits per heavy atom. The second kappa shape index (κ2) is 7.17. The van der Waals surface area contributed by atoms with Crippen LogP contribution in [0.4, 0.5) is 0 Å². The van der Waals surface area contributed by atoms with E-state index in [-0.39, 0.29) is 5.41 Å². The smallest absolute Gasteiger partial charge is 0.153 e. The SMILES string of the molecule is C/C(Cl)=C\CC1(C)CCCC(c2ccccc2)(c2ccccc2)C1=O. The Hall–Kier alpha value is -1.86. The maximum Gasteiger partial charge on any atom is 0.153 e. The van der Waals surface area contributed by atoms with Crippen molar-refractivity contribution in [2.75, 3.05) is 0 Å². The lowest BCUT2D eigenvalue weighted by Gasteiger charge is -2.45. The molecule has 0 aliphatic heterocycles. The molecule has 0 radical (unpaired) electrons. The number of carbonyl (C=O) groups is 1. The van der Waals surface area contributed by atoms with Crippen LogP contribution in [0.5, 0.6) is 0 Å². The summed E-state index contributed by atoms with van der Waals surface area (Å²) in [4.78, 5) is 13.9. The molecule has 1 saturated carbocycles. The van der Waals surface area contributed by atoms with Crippen LogP contribution in [0.25, 0.3) is 0 Å². The Bertz CT molecular complexity index is 720. The fourth-order valence-corrected chi connectivity index (χ4v) is 4.29. The van der Waals surface area contributed by atoms with Crippen LogP contribution in [0.3, 0.4) is 0 Å². The molecule has 0 heterocycles. The first kappa shape index (κ1) is 17.9. The molecule has 1 aliphatic rings. The monoisotopic (exact) mass is 352 g/mol. The fraction of sp³-hybridized carbons (Fsp3) is 0.348. The standard InChI is InChI=1S/C23H25ClO/c1-18(24)14-17-22(2)15-9-16-23(21(22)25,19-10-5-3-6-11-19)20-12-7-4-8-13-20/h3-8,10-14H,9,15-17H2,1-2H3/b18-14+. The molecule has 25 heavy (non-hydrogen) atoms. The van der Waals surface area contributed by atoms with Crippen molar-refractivity contribution < 1.29 is 4.79 Å². The zero-order chi connectivity index (χ0) is 17.9. The molecule has 1 unspecified atom stereocenters. The fourth-order valence-electron chi connectivity index (χ4n) is 4.21. The van der Waals surface area contributed by atoms with Gasteiger partial charge in [-0.1, -0.05) is 91.7 Å². The third-order valence-electron chi connectivity index (χ3n) is 5.58. The summed E-state index contributed by atoms with van der Waals surface area (Å²) < 4.78 is 0. The Labute approximate surface area is 155 Å². The van der Waals surface area contributed by atoms with Crippen molar-refractivity contribution in [2.45, 2.75) is 44.9 Å². The number of rotatable bonds is 4. The first-order chi connectivity index (χ1) is 12.0. The second-order valence-corrected chi connectivity index (χ2v) is 7.97. The molecule has 0 amide bonds. The van der Waals surface area contributed by atoms with E-state index in [1.165, 1.54) is 0 Å². The molecule has 0 N–H and O–H groups in total. The lowest BCUT2D eigenvalue weighted by Crippen LogP contribution is -2.49. The summed E-state index contributed by atoms with van der Waals surface area (Å²) in [6.45, 7) is 3.98. The van der Waals surface area contributed by atoms with Gasteiger partial charge in [0, 0.05) is 10.4 Å². The van der Waals surface area contributed by atoms with Gasteiger partial charge in [-0.3, -0.25) is 4.79 Å². The third kappa shape index (κ3) is 3.30. The van der Waals surface area contributed by atoms with Gasteiger partial charge in [-0.2, -0.15) is 0 Å². The largest absolute Gasteiger partial charge is 0.298 e. The van der Waals surface area contributed by atoms with Crippen LogP contribution in [0.15, 0.2) is 71.8 Å². The van der Waals surface area contributed by atoms with E-state index in [1.54, 1.807) is 0 Å². The summed E-state index contributed by atoms with van der Waals surface area (Å²) >= 11 is 6.06. The van der Waals surface area contributed by atoms with Gasteiger partial charge in [-0.15, -0.1) is 0 Å². The van der Waals surface area contributed by atoms with Crippen molar-refractivity contribution in [1.29, 1.82) is 0 Å². The highest BCUT2D eigenvalue weighted by Gasteiger charge is 2.52. The molecule has 1 atom stereocenters. The zero-order valence-corrected chi connectivity index (χ0v) is 15.7. The normalized spacial score (nSPS) is 23.5. The highest BCUT2D eigenvalue weighted by atomic mass is 35.5. The number of ketones is 1. The van der Waals surface area contributed by atoms with E-state index in [4.69, 9.17) is 11.6 Å². The Morgan fingerprint density at radius 2 is 1.52 bits per heavy atom. The average molecular weight is 353 g/mol. The molecule has 3 rings (SSSR count). The molecule has 1 nitrogen and oxygen atoms in total. The van der Waals surface area contributed by atoms with E-state index < -0.39 is 5.41 Å². The molecule has 2 aromatic rings. The van der Waals surface area contributed by atoms with Gasteiger partial charge >= 0.3 is 0 Å². The van der Waals surface area contributed by atoms with Gasteiger partial charge in [0.1, 0.15) is 0 Å². The summed E-state index contributed by atoms with van der Waals surface area (Å²) in [7, 11) is 0. The molecule has 0 bridgehead atoms. The van der Waals surface area contributed by atoms with Crippen molar-refractivity contribution in [3.05, 3.63) is 82.9 Å². The number of allylic oxidation sites excluding steroid dienone is 2. The minimum Gasteiger partial charge on any atom is -0.298 e. The summed E-state index contributed by atoms with van der Waals surface area (Å²) in [5.41, 5.74) is 1.25. The number of halogens is 1. The predicted molar refractivity (Wildman–Crippen MR) is 105 cm³/mol. The zero-order valence-electron chi connectivity index (χ0n) is 15.0. The summed E-state index contributed by atoms with van der Waals surface area (Å²) in [6.07, 6.45) is 5.49. The van der Waals surface area contributed by atoms with Gasteiger partial charge in [-0.25, -0.2) is 0 Å². The molecular formula is C23H25ClO. The molecule has 2 heteroatoms. The van der Waals surface area contributed by atoms with E-state index in [1.807, 2.05) is 49.4 Å². The maximum absolute atomic E-state index is 13.9. The lowest BCUT2D eigenvalue weighted by molar-refractivity contribution is -0.135. The maximum atomic E-state index is 13.9. The number of benzene rings is 2. The lowest BCUT2D eigenvalue weighted by atomic mass is 9.55. The molecule has 1 fully saturated rings. The van der Waals surface area contributed by atoms with E-state index in [2.05, 4.69) is 31.2 Å². The van der Waals surface area contributed by atoms with Crippen LogP contribution >= 0.6 is 11.6 Å². The van der Waals surface area contributed by atoms with Crippen LogP contribution in [-0.4, -0.2) is 5.78 Å². The van der Waals surface area contributed by atoms with E-state index in [9.17, 15) is 4.79 Å². The Balaban J connectivity index is 2.15. The summed E-state index contributed by atoms with van der Waals surface area (Å²) in [6, 6.07) is 20.5. The molecule has 2 aromatic carbocycles. The van der Waals surface area contributed by atoms with Crippen molar-refractivity contribution >= 4 is 17.4 Å². The van der Waals surface area contributed by atoms with E-state index in [0.29, 0.717) is 12.2 Å². The van der Waals surface area contributed by atoms with Crippen LogP contribution in [-0.2, 0) is 10.2 Å². The minimum absolute atomic E-state index is 0.317. The quantitative estimate of drug-likeness (QED) is 0.634. The van der Waals surface area contributed by atoms with Crippen molar-refractivity contribution in [1.82, 2.24) is 0 Å². The molecule has 1 aliphatic carbocycles. The van der Waals surface area contributed by atoms with Gasteiger partial charge < -0.3 is 0 Å². The Morgan fingerprint density at radius 3 is 2.00 bits per heavy atom. The first-order valence-electron chi connectivity index (χ1n) is 8.97. The van der Waals surface area contributed by atoms with E-state index >= 15 is 0 Å². The topological polar surface area (TPSA) is 17.1 Å². The summed E-state index contributed by atoms with van der Waals surface area (Å²) in [5, 5.41) is 0.754. The number of Topliss-reactive ketones (excluding diaryl/α,β-unsaturated/α-hetero) is 1. The van der Waals surface area contributed by atoms with Crippen molar-refractivity contribution in [3.8, 4) is 0 Å². The van der Waals surface area contributed by atoms with Gasteiger partial charge in [-0.05, 0) is 37.3 Å². The van der Waals surface area contributed by atoms with Gasteiger partial charge in [0.25, 0.3) is 0 Å². The number of hydrogen-bond acceptors (Lipinski definition) is 1. The average Bonchev–Trinajstić information content (AvgIpc) is 2.64. The number of carbonyl (C=O) groups excluding carboxylic acids is 1. The van der Waals surface area contributed by atoms with Crippen LogP contribution < -0.4 is 0 Å². The van der Waals surface area contributed by atoms with Gasteiger partial charge in [0.05, 0.1) is 5.41 Å². The molecule has 0 saturated heterocycles. The molecule has 0 spiro atoms. The second-order valence-electron chi connectivity index (χ2n) is 7.38. The number of hydrogen-bond donors (Lipinski definition) is 0. The molecule has 0 aromatic heterocycles. The van der Waals surface area contributed by atoms with Crippen LogP contribution in [0.2, 0.25) is 0 Å². The summed E-state index contributed by atoms with van der Waals surface area (Å²) in [5.74, 6) is 0.317. The van der Waals surface area contributed by atoms with Gasteiger partial charge in [0.2, 0.25) is 0 Å². The van der Waals surface area contributed by atoms with Crippen LogP contribution in [0.1, 0.15) is 50.7 Å². The van der Waals surface area contributed by atoms with E-state index in [0.717, 1.165) is 35.4 Å². The highest BCUT2D eigenvalue weighted by Crippen LogP contribution is 2.50. The van der Waals surface area contributed by atoms with Crippen LogP contribution in [0, 0.1) is 5.41 Å². The molecule has 130 valence electrons. The Kier molecular flexibility index (Phi) is 5.15. The van der Waals surface area contributed by atoms with Gasteiger partial charge in [0.15, 0.2) is 5.78 Å².